The number of hydrogen-bond donors (Lipinski definition) is 0. The van der Waals surface area contributed by atoms with E-state index in [1.807, 2.05) is 10.8 Å². The number of aryl methyl sites for hydroxylation is 1. The van der Waals surface area contributed by atoms with Gasteiger partial charge in [0.15, 0.2) is 0 Å². The SMILES string of the molecule is CCCCn1ccnc1-c1ccc(OC(F)(F)F)cc1. The van der Waals surface area contributed by atoms with E-state index in [0.29, 0.717) is 0 Å². The molecule has 0 atom stereocenters. The quantitative estimate of drug-likeness (QED) is 0.820. The fourth-order valence-electron chi connectivity index (χ4n) is 1.88. The molecular weight excluding hydrogens is 269 g/mol. The van der Waals surface area contributed by atoms with Gasteiger partial charge in [-0.15, -0.1) is 13.2 Å². The highest BCUT2D eigenvalue weighted by molar-refractivity contribution is 5.56. The van der Waals surface area contributed by atoms with Crippen LogP contribution in [0.2, 0.25) is 0 Å². The van der Waals surface area contributed by atoms with Gasteiger partial charge >= 0.3 is 6.36 Å². The van der Waals surface area contributed by atoms with Crippen LogP contribution >= 0.6 is 0 Å². The first-order chi connectivity index (χ1) is 9.49. The Kier molecular flexibility index (Phi) is 4.32. The molecule has 0 fully saturated rings. The number of aromatic nitrogens is 2. The molecule has 6 heteroatoms. The van der Waals surface area contributed by atoms with Crippen LogP contribution in [0.1, 0.15) is 19.8 Å². The number of ether oxygens (including phenoxy) is 1. The number of unbranched alkanes of at least 4 members (excludes halogenated alkanes) is 1. The summed E-state index contributed by atoms with van der Waals surface area (Å²) in [4.78, 5) is 4.24. The fourth-order valence-corrected chi connectivity index (χ4v) is 1.88. The van der Waals surface area contributed by atoms with Gasteiger partial charge in [0.25, 0.3) is 0 Å². The van der Waals surface area contributed by atoms with Crippen LogP contribution in [0.5, 0.6) is 5.75 Å². The Morgan fingerprint density at radius 2 is 1.90 bits per heavy atom. The normalized spacial score (nSPS) is 11.6. The summed E-state index contributed by atoms with van der Waals surface area (Å²) in [7, 11) is 0. The highest BCUT2D eigenvalue weighted by Gasteiger charge is 2.30. The predicted molar refractivity (Wildman–Crippen MR) is 69.3 cm³/mol. The maximum absolute atomic E-state index is 12.1. The molecule has 0 N–H and O–H groups in total. The van der Waals surface area contributed by atoms with Gasteiger partial charge < -0.3 is 9.30 Å². The van der Waals surface area contributed by atoms with Crippen LogP contribution < -0.4 is 4.74 Å². The zero-order valence-electron chi connectivity index (χ0n) is 11.0. The molecule has 0 radical (unpaired) electrons. The van der Waals surface area contributed by atoms with E-state index < -0.39 is 6.36 Å². The van der Waals surface area contributed by atoms with Gasteiger partial charge in [0.2, 0.25) is 0 Å². The molecule has 0 unspecified atom stereocenters. The van der Waals surface area contributed by atoms with E-state index in [2.05, 4.69) is 16.6 Å². The zero-order valence-corrected chi connectivity index (χ0v) is 11.0. The smallest absolute Gasteiger partial charge is 0.406 e. The summed E-state index contributed by atoms with van der Waals surface area (Å²) < 4.78 is 42.1. The molecule has 108 valence electrons. The van der Waals surface area contributed by atoms with Crippen molar-refractivity contribution in [2.45, 2.75) is 32.7 Å². The minimum Gasteiger partial charge on any atom is -0.406 e. The Morgan fingerprint density at radius 1 is 1.20 bits per heavy atom. The third-order valence-electron chi connectivity index (χ3n) is 2.81. The molecule has 0 spiro atoms. The van der Waals surface area contributed by atoms with Crippen LogP contribution in [0.3, 0.4) is 0 Å². The van der Waals surface area contributed by atoms with Crippen molar-refractivity contribution in [1.29, 1.82) is 0 Å². The zero-order chi connectivity index (χ0) is 14.6. The van der Waals surface area contributed by atoms with Gasteiger partial charge in [-0.1, -0.05) is 13.3 Å². The van der Waals surface area contributed by atoms with Crippen molar-refractivity contribution in [2.24, 2.45) is 0 Å². The monoisotopic (exact) mass is 284 g/mol. The average Bonchev–Trinajstić information content (AvgIpc) is 2.83. The lowest BCUT2D eigenvalue weighted by Crippen LogP contribution is -2.16. The van der Waals surface area contributed by atoms with Gasteiger partial charge in [0.05, 0.1) is 0 Å². The number of nitrogens with zero attached hydrogens (tertiary/aromatic N) is 2. The van der Waals surface area contributed by atoms with Crippen LogP contribution in [0.15, 0.2) is 36.7 Å². The first-order valence-electron chi connectivity index (χ1n) is 6.37. The predicted octanol–water partition coefficient (Wildman–Crippen LogP) is 4.25. The summed E-state index contributed by atoms with van der Waals surface area (Å²) in [6, 6.07) is 5.74. The largest absolute Gasteiger partial charge is 0.573 e. The van der Waals surface area contributed by atoms with E-state index in [4.69, 9.17) is 0 Å². The van der Waals surface area contributed by atoms with Crippen LogP contribution in [0.4, 0.5) is 13.2 Å². The Balaban J connectivity index is 2.16. The van der Waals surface area contributed by atoms with Crippen LogP contribution in [0, 0.1) is 0 Å². The van der Waals surface area contributed by atoms with Gasteiger partial charge in [0.1, 0.15) is 11.6 Å². The maximum atomic E-state index is 12.1. The Morgan fingerprint density at radius 3 is 2.50 bits per heavy atom. The molecule has 2 aromatic rings. The van der Waals surface area contributed by atoms with E-state index >= 15 is 0 Å². The number of benzene rings is 1. The van der Waals surface area contributed by atoms with Crippen molar-refractivity contribution < 1.29 is 17.9 Å². The standard InChI is InChI=1S/C14H15F3N2O/c1-2-3-9-19-10-8-18-13(19)11-4-6-12(7-5-11)20-14(15,16)17/h4-8,10H,2-3,9H2,1H3. The average molecular weight is 284 g/mol. The molecule has 1 aromatic heterocycles. The van der Waals surface area contributed by atoms with Crippen molar-refractivity contribution in [3.05, 3.63) is 36.7 Å². The number of imidazole rings is 1. The molecule has 1 aromatic carbocycles. The molecule has 0 aliphatic heterocycles. The van der Waals surface area contributed by atoms with Gasteiger partial charge in [-0.05, 0) is 30.7 Å². The first kappa shape index (κ1) is 14.4. The molecule has 0 saturated carbocycles. The van der Waals surface area contributed by atoms with Gasteiger partial charge in [-0.2, -0.15) is 0 Å². The number of rotatable bonds is 5. The van der Waals surface area contributed by atoms with Crippen LogP contribution in [-0.2, 0) is 6.54 Å². The molecule has 0 aliphatic carbocycles. The van der Waals surface area contributed by atoms with Crippen molar-refractivity contribution in [1.82, 2.24) is 9.55 Å². The molecular formula is C14H15F3N2O. The lowest BCUT2D eigenvalue weighted by molar-refractivity contribution is -0.274. The molecule has 0 bridgehead atoms. The van der Waals surface area contributed by atoms with Crippen LogP contribution in [-0.4, -0.2) is 15.9 Å². The second kappa shape index (κ2) is 5.98. The summed E-state index contributed by atoms with van der Waals surface area (Å²) in [6.07, 6.45) is 0.978. The second-order valence-electron chi connectivity index (χ2n) is 4.37. The molecule has 0 amide bonds. The second-order valence-corrected chi connectivity index (χ2v) is 4.37. The van der Waals surface area contributed by atoms with Gasteiger partial charge in [-0.3, -0.25) is 0 Å². The van der Waals surface area contributed by atoms with Crippen molar-refractivity contribution in [2.75, 3.05) is 0 Å². The lowest BCUT2D eigenvalue weighted by Gasteiger charge is -2.10. The topological polar surface area (TPSA) is 27.1 Å². The summed E-state index contributed by atoms with van der Waals surface area (Å²) in [6.45, 7) is 2.94. The Hall–Kier alpha value is -1.98. The lowest BCUT2D eigenvalue weighted by atomic mass is 10.2. The highest BCUT2D eigenvalue weighted by Crippen LogP contribution is 2.26. The van der Waals surface area contributed by atoms with E-state index in [1.165, 1.54) is 12.1 Å². The van der Waals surface area contributed by atoms with Crippen molar-refractivity contribution >= 4 is 0 Å². The number of halogens is 3. The molecule has 2 rings (SSSR count). The fraction of sp³-hybridized carbons (Fsp3) is 0.357. The summed E-state index contributed by atoms with van der Waals surface area (Å²) >= 11 is 0. The summed E-state index contributed by atoms with van der Waals surface area (Å²) in [5, 5.41) is 0. The minimum absolute atomic E-state index is 0.229. The van der Waals surface area contributed by atoms with E-state index in [1.54, 1.807) is 18.3 Å². The first-order valence-corrected chi connectivity index (χ1v) is 6.37. The third kappa shape index (κ3) is 3.76. The molecule has 0 saturated heterocycles. The summed E-state index contributed by atoms with van der Waals surface area (Å²) in [5.74, 6) is 0.518. The van der Waals surface area contributed by atoms with Crippen molar-refractivity contribution in [3.8, 4) is 17.1 Å². The summed E-state index contributed by atoms with van der Waals surface area (Å²) in [5.41, 5.74) is 0.764. The minimum atomic E-state index is -4.67. The molecule has 0 aliphatic rings. The van der Waals surface area contributed by atoms with Crippen LogP contribution in [0.25, 0.3) is 11.4 Å². The van der Waals surface area contributed by atoms with E-state index in [0.717, 1.165) is 30.8 Å². The van der Waals surface area contributed by atoms with Crippen molar-refractivity contribution in [3.63, 3.8) is 0 Å². The van der Waals surface area contributed by atoms with E-state index in [9.17, 15) is 13.2 Å². The van der Waals surface area contributed by atoms with Gasteiger partial charge in [-0.25, -0.2) is 4.98 Å². The number of alkyl halides is 3. The Labute approximate surface area is 115 Å². The maximum Gasteiger partial charge on any atom is 0.573 e. The van der Waals surface area contributed by atoms with Gasteiger partial charge in [0, 0.05) is 24.5 Å². The molecule has 20 heavy (non-hydrogen) atoms. The number of hydrogen-bond acceptors (Lipinski definition) is 2. The molecule has 3 nitrogen and oxygen atoms in total. The highest BCUT2D eigenvalue weighted by atomic mass is 19.4. The Bertz CT molecular complexity index is 546. The van der Waals surface area contributed by atoms with E-state index in [-0.39, 0.29) is 5.75 Å². The molecule has 1 heterocycles. The third-order valence-corrected chi connectivity index (χ3v) is 2.81.